The number of fused-ring (bicyclic) bond motifs is 1. The summed E-state index contributed by atoms with van der Waals surface area (Å²) in [7, 11) is 0. The molecule has 1 unspecified atom stereocenters. The first kappa shape index (κ1) is 13.5. The fraction of sp³-hybridized carbons (Fsp3) is 0.235. The molecule has 21 heavy (non-hydrogen) atoms. The van der Waals surface area contributed by atoms with Crippen LogP contribution in [0.1, 0.15) is 18.9 Å². The van der Waals surface area contributed by atoms with E-state index in [4.69, 9.17) is 0 Å². The molecule has 1 aromatic carbocycles. The minimum Gasteiger partial charge on any atom is -0.368 e. The molecule has 1 N–H and O–H groups in total. The molecule has 2 aromatic heterocycles. The predicted molar refractivity (Wildman–Crippen MR) is 85.2 cm³/mol. The highest BCUT2D eigenvalue weighted by Crippen LogP contribution is 2.13. The topological polar surface area (TPSA) is 50.7 Å². The van der Waals surface area contributed by atoms with Crippen molar-refractivity contribution in [2.75, 3.05) is 5.32 Å². The molecule has 0 aliphatic rings. The second-order valence-electron chi connectivity index (χ2n) is 5.17. The maximum Gasteiger partial charge on any atom is 0.180 e. The molecule has 1 atom stereocenters. The van der Waals surface area contributed by atoms with Gasteiger partial charge < -0.3 is 5.32 Å². The lowest BCUT2D eigenvalue weighted by atomic mass is 10.1. The molecular formula is C17H18N4. The Kier molecular flexibility index (Phi) is 4.05. The van der Waals surface area contributed by atoms with Crippen LogP contribution >= 0.6 is 0 Å². The van der Waals surface area contributed by atoms with Crippen molar-refractivity contribution in [1.82, 2.24) is 15.0 Å². The first-order valence-electron chi connectivity index (χ1n) is 7.19. The molecule has 0 saturated heterocycles. The van der Waals surface area contributed by atoms with Crippen molar-refractivity contribution >= 4 is 17.0 Å². The fourth-order valence-corrected chi connectivity index (χ4v) is 2.29. The van der Waals surface area contributed by atoms with E-state index in [2.05, 4.69) is 51.5 Å². The Morgan fingerprint density at radius 2 is 1.81 bits per heavy atom. The zero-order chi connectivity index (χ0) is 14.5. The van der Waals surface area contributed by atoms with Crippen LogP contribution in [0.4, 0.5) is 5.82 Å². The number of hydrogen-bond acceptors (Lipinski definition) is 4. The standard InChI is InChI=1S/C17H18N4/c1-13(7-8-14-5-3-2-4-6-14)20-16-10-9-15-17(21-16)19-12-11-18-15/h2-6,9-13H,7-8H2,1H3,(H,19,20,21). The van der Waals surface area contributed by atoms with E-state index in [1.807, 2.05) is 18.2 Å². The van der Waals surface area contributed by atoms with E-state index < -0.39 is 0 Å². The molecule has 0 aliphatic carbocycles. The summed E-state index contributed by atoms with van der Waals surface area (Å²) in [5, 5.41) is 3.43. The summed E-state index contributed by atoms with van der Waals surface area (Å²) in [4.78, 5) is 12.9. The molecule has 0 aliphatic heterocycles. The Morgan fingerprint density at radius 1 is 1.00 bits per heavy atom. The average molecular weight is 278 g/mol. The lowest BCUT2D eigenvalue weighted by Gasteiger charge is -2.14. The van der Waals surface area contributed by atoms with Crippen molar-refractivity contribution in [3.8, 4) is 0 Å². The lowest BCUT2D eigenvalue weighted by Crippen LogP contribution is -2.16. The quantitative estimate of drug-likeness (QED) is 0.776. The van der Waals surface area contributed by atoms with Crippen LogP contribution in [0.3, 0.4) is 0 Å². The maximum atomic E-state index is 4.49. The first-order valence-corrected chi connectivity index (χ1v) is 7.19. The van der Waals surface area contributed by atoms with E-state index in [-0.39, 0.29) is 0 Å². The monoisotopic (exact) mass is 278 g/mol. The van der Waals surface area contributed by atoms with Crippen molar-refractivity contribution < 1.29 is 0 Å². The van der Waals surface area contributed by atoms with Gasteiger partial charge in [-0.15, -0.1) is 0 Å². The smallest absolute Gasteiger partial charge is 0.180 e. The van der Waals surface area contributed by atoms with Gasteiger partial charge in [0.15, 0.2) is 5.65 Å². The highest BCUT2D eigenvalue weighted by atomic mass is 15.0. The molecular weight excluding hydrogens is 260 g/mol. The molecule has 4 nitrogen and oxygen atoms in total. The Hall–Kier alpha value is -2.49. The maximum absolute atomic E-state index is 4.49. The van der Waals surface area contributed by atoms with Gasteiger partial charge in [0.05, 0.1) is 0 Å². The van der Waals surface area contributed by atoms with E-state index in [1.165, 1.54) is 5.56 Å². The molecule has 0 fully saturated rings. The first-order chi connectivity index (χ1) is 10.3. The molecule has 0 bridgehead atoms. The number of rotatable bonds is 5. The number of nitrogens with zero attached hydrogens (tertiary/aromatic N) is 3. The zero-order valence-corrected chi connectivity index (χ0v) is 12.0. The highest BCUT2D eigenvalue weighted by molar-refractivity contribution is 5.71. The Morgan fingerprint density at radius 3 is 2.67 bits per heavy atom. The summed E-state index contributed by atoms with van der Waals surface area (Å²) in [6.45, 7) is 2.17. The molecule has 3 aromatic rings. The summed E-state index contributed by atoms with van der Waals surface area (Å²) in [5.74, 6) is 0.851. The zero-order valence-electron chi connectivity index (χ0n) is 12.0. The molecule has 0 saturated carbocycles. The van der Waals surface area contributed by atoms with Crippen molar-refractivity contribution in [3.63, 3.8) is 0 Å². The summed E-state index contributed by atoms with van der Waals surface area (Å²) in [5.41, 5.74) is 2.86. The van der Waals surface area contributed by atoms with Crippen LogP contribution in [-0.2, 0) is 6.42 Å². The van der Waals surface area contributed by atoms with Crippen LogP contribution in [0, 0.1) is 0 Å². The molecule has 2 heterocycles. The van der Waals surface area contributed by atoms with E-state index in [9.17, 15) is 0 Å². The Balaban J connectivity index is 1.62. The third-order valence-electron chi connectivity index (χ3n) is 3.43. The van der Waals surface area contributed by atoms with Crippen molar-refractivity contribution in [3.05, 3.63) is 60.4 Å². The van der Waals surface area contributed by atoms with E-state index in [0.29, 0.717) is 11.7 Å². The molecule has 0 amide bonds. The van der Waals surface area contributed by atoms with Crippen LogP contribution < -0.4 is 5.32 Å². The van der Waals surface area contributed by atoms with Gasteiger partial charge in [-0.3, -0.25) is 4.98 Å². The van der Waals surface area contributed by atoms with Gasteiger partial charge in [-0.05, 0) is 37.5 Å². The minimum absolute atomic E-state index is 0.354. The van der Waals surface area contributed by atoms with Gasteiger partial charge in [-0.25, -0.2) is 9.97 Å². The van der Waals surface area contributed by atoms with Gasteiger partial charge in [-0.1, -0.05) is 30.3 Å². The van der Waals surface area contributed by atoms with Crippen LogP contribution in [0.2, 0.25) is 0 Å². The number of pyridine rings is 1. The Bertz CT molecular complexity index is 712. The Labute approximate surface area is 124 Å². The predicted octanol–water partition coefficient (Wildman–Crippen LogP) is 3.46. The number of nitrogens with one attached hydrogen (secondary N) is 1. The summed E-state index contributed by atoms with van der Waals surface area (Å²) in [6, 6.07) is 14.8. The van der Waals surface area contributed by atoms with Gasteiger partial charge in [0.25, 0.3) is 0 Å². The van der Waals surface area contributed by atoms with E-state index in [1.54, 1.807) is 12.4 Å². The fourth-order valence-electron chi connectivity index (χ4n) is 2.29. The van der Waals surface area contributed by atoms with Gasteiger partial charge in [0.2, 0.25) is 0 Å². The average Bonchev–Trinajstić information content (AvgIpc) is 2.54. The number of anilines is 1. The van der Waals surface area contributed by atoms with Crippen LogP contribution in [0.5, 0.6) is 0 Å². The molecule has 0 spiro atoms. The van der Waals surface area contributed by atoms with E-state index >= 15 is 0 Å². The van der Waals surface area contributed by atoms with Gasteiger partial charge >= 0.3 is 0 Å². The largest absolute Gasteiger partial charge is 0.368 e. The normalized spacial score (nSPS) is 12.2. The summed E-state index contributed by atoms with van der Waals surface area (Å²) in [6.07, 6.45) is 5.46. The van der Waals surface area contributed by atoms with Crippen LogP contribution in [-0.4, -0.2) is 21.0 Å². The number of hydrogen-bond donors (Lipinski definition) is 1. The van der Waals surface area contributed by atoms with Gasteiger partial charge in [-0.2, -0.15) is 0 Å². The van der Waals surface area contributed by atoms with Crippen molar-refractivity contribution in [2.45, 2.75) is 25.8 Å². The van der Waals surface area contributed by atoms with Crippen molar-refractivity contribution in [1.29, 1.82) is 0 Å². The summed E-state index contributed by atoms with van der Waals surface area (Å²) < 4.78 is 0. The number of aromatic nitrogens is 3. The van der Waals surface area contributed by atoms with E-state index in [0.717, 1.165) is 24.2 Å². The highest BCUT2D eigenvalue weighted by Gasteiger charge is 2.05. The van der Waals surface area contributed by atoms with Gasteiger partial charge in [0, 0.05) is 18.4 Å². The van der Waals surface area contributed by atoms with Crippen LogP contribution in [0.25, 0.3) is 11.2 Å². The molecule has 0 radical (unpaired) electrons. The second kappa shape index (κ2) is 6.31. The third kappa shape index (κ3) is 3.54. The summed E-state index contributed by atoms with van der Waals surface area (Å²) >= 11 is 0. The van der Waals surface area contributed by atoms with Crippen molar-refractivity contribution in [2.24, 2.45) is 0 Å². The van der Waals surface area contributed by atoms with Crippen LogP contribution in [0.15, 0.2) is 54.9 Å². The second-order valence-corrected chi connectivity index (χ2v) is 5.17. The molecule has 4 heteroatoms. The van der Waals surface area contributed by atoms with Gasteiger partial charge in [0.1, 0.15) is 11.3 Å². The minimum atomic E-state index is 0.354. The third-order valence-corrected chi connectivity index (χ3v) is 3.43. The number of aryl methyl sites for hydroxylation is 1. The number of benzene rings is 1. The molecule has 106 valence electrons. The SMILES string of the molecule is CC(CCc1ccccc1)Nc1ccc2nccnc2n1. The molecule has 3 rings (SSSR count). The lowest BCUT2D eigenvalue weighted by molar-refractivity contribution is 0.703.